The van der Waals surface area contributed by atoms with Crippen LogP contribution < -0.4 is 4.74 Å². The number of rotatable bonds is 5. The first-order valence-corrected chi connectivity index (χ1v) is 9.26. The van der Waals surface area contributed by atoms with Crippen molar-refractivity contribution in [2.45, 2.75) is 32.4 Å². The Morgan fingerprint density at radius 2 is 1.88 bits per heavy atom. The summed E-state index contributed by atoms with van der Waals surface area (Å²) in [5.74, 6) is 0.270. The van der Waals surface area contributed by atoms with Crippen molar-refractivity contribution in [2.75, 3.05) is 20.2 Å². The molecule has 1 fully saturated rings. The molecule has 0 saturated carbocycles. The summed E-state index contributed by atoms with van der Waals surface area (Å²) in [6.07, 6.45) is 2.03. The molecule has 5 heteroatoms. The Hall–Kier alpha value is -2.04. The van der Waals surface area contributed by atoms with Gasteiger partial charge in [-0.05, 0) is 37.5 Å². The van der Waals surface area contributed by atoms with Crippen LogP contribution in [0.3, 0.4) is 0 Å². The molecule has 1 aliphatic heterocycles. The Bertz CT molecular complexity index is 755. The molecule has 2 aromatic rings. The van der Waals surface area contributed by atoms with Crippen molar-refractivity contribution in [3.8, 4) is 5.75 Å². The molecule has 138 valence electrons. The number of halogens is 1. The lowest BCUT2D eigenvalue weighted by Gasteiger charge is -2.32. The average Bonchev–Trinajstić information content (AvgIpc) is 2.66. The number of carbonyl (C=O) groups excluding carboxylic acids is 1. The average molecular weight is 374 g/mol. The van der Waals surface area contributed by atoms with E-state index < -0.39 is 5.97 Å². The zero-order valence-electron chi connectivity index (χ0n) is 15.2. The lowest BCUT2D eigenvalue weighted by molar-refractivity contribution is 0.0597. The van der Waals surface area contributed by atoms with Crippen LogP contribution in [0, 0.1) is 6.92 Å². The van der Waals surface area contributed by atoms with Crippen molar-refractivity contribution in [1.29, 1.82) is 0 Å². The van der Waals surface area contributed by atoms with Crippen molar-refractivity contribution < 1.29 is 14.3 Å². The third-order valence-electron chi connectivity index (χ3n) is 4.81. The number of benzene rings is 2. The maximum atomic E-state index is 11.9. The lowest BCUT2D eigenvalue weighted by Crippen LogP contribution is -2.37. The predicted molar refractivity (Wildman–Crippen MR) is 103 cm³/mol. The maximum absolute atomic E-state index is 11.9. The second-order valence-electron chi connectivity index (χ2n) is 6.65. The van der Waals surface area contributed by atoms with Gasteiger partial charge in [0.15, 0.2) is 0 Å². The quantitative estimate of drug-likeness (QED) is 0.724. The Balaban J connectivity index is 1.61. The molecule has 0 bridgehead atoms. The molecule has 3 rings (SSSR count). The highest BCUT2D eigenvalue weighted by molar-refractivity contribution is 6.31. The van der Waals surface area contributed by atoms with E-state index in [9.17, 15) is 4.79 Å². The molecule has 1 saturated heterocycles. The number of ether oxygens (including phenoxy) is 2. The molecular weight excluding hydrogens is 350 g/mol. The van der Waals surface area contributed by atoms with Gasteiger partial charge in [-0.25, -0.2) is 4.79 Å². The summed E-state index contributed by atoms with van der Waals surface area (Å²) < 4.78 is 11.0. The van der Waals surface area contributed by atoms with Crippen molar-refractivity contribution in [3.05, 3.63) is 64.2 Å². The Morgan fingerprint density at radius 3 is 2.54 bits per heavy atom. The highest BCUT2D eigenvalue weighted by Gasteiger charge is 2.23. The largest absolute Gasteiger partial charge is 0.490 e. The first-order chi connectivity index (χ1) is 12.6. The van der Waals surface area contributed by atoms with E-state index in [1.54, 1.807) is 12.1 Å². The molecule has 0 atom stereocenters. The molecule has 26 heavy (non-hydrogen) atoms. The van der Waals surface area contributed by atoms with Gasteiger partial charge < -0.3 is 9.47 Å². The van der Waals surface area contributed by atoms with Gasteiger partial charge >= 0.3 is 5.97 Å². The minimum atomic E-state index is -0.396. The summed E-state index contributed by atoms with van der Waals surface area (Å²) in [7, 11) is 1.37. The van der Waals surface area contributed by atoms with E-state index in [1.807, 2.05) is 13.0 Å². The topological polar surface area (TPSA) is 38.8 Å². The number of likely N-dealkylation sites (tertiary alicyclic amines) is 1. The fourth-order valence-electron chi connectivity index (χ4n) is 3.30. The van der Waals surface area contributed by atoms with Gasteiger partial charge in [0.05, 0.1) is 12.7 Å². The number of esters is 1. The molecule has 1 aliphatic rings. The Morgan fingerprint density at radius 1 is 1.19 bits per heavy atom. The fraction of sp³-hybridized carbons (Fsp3) is 0.381. The van der Waals surface area contributed by atoms with Crippen LogP contribution in [0.25, 0.3) is 0 Å². The standard InChI is InChI=1S/C21H24ClNO3/c1-15-19(21(24)25-2)12-17(22)13-20(15)26-18-8-10-23(11-9-18)14-16-6-4-3-5-7-16/h3-7,12-13,18H,8-11,14H2,1-2H3. The van der Waals surface area contributed by atoms with Crippen LogP contribution in [-0.2, 0) is 11.3 Å². The summed E-state index contributed by atoms with van der Waals surface area (Å²) in [4.78, 5) is 14.3. The van der Waals surface area contributed by atoms with Gasteiger partial charge in [-0.2, -0.15) is 0 Å². The summed E-state index contributed by atoms with van der Waals surface area (Å²) in [6, 6.07) is 13.9. The molecule has 0 spiro atoms. The Labute approximate surface area is 159 Å². The third kappa shape index (κ3) is 4.57. The van der Waals surface area contributed by atoms with Crippen LogP contribution >= 0.6 is 11.6 Å². The van der Waals surface area contributed by atoms with Crippen molar-refractivity contribution in [3.63, 3.8) is 0 Å². The van der Waals surface area contributed by atoms with Gasteiger partial charge in [-0.1, -0.05) is 41.9 Å². The van der Waals surface area contributed by atoms with E-state index in [0.29, 0.717) is 16.3 Å². The van der Waals surface area contributed by atoms with E-state index in [-0.39, 0.29) is 6.10 Å². The monoisotopic (exact) mass is 373 g/mol. The van der Waals surface area contributed by atoms with Crippen LogP contribution in [0.15, 0.2) is 42.5 Å². The zero-order valence-corrected chi connectivity index (χ0v) is 16.0. The SMILES string of the molecule is COC(=O)c1cc(Cl)cc(OC2CCN(Cc3ccccc3)CC2)c1C. The van der Waals surface area contributed by atoms with E-state index in [4.69, 9.17) is 21.1 Å². The molecular formula is C21H24ClNO3. The van der Waals surface area contributed by atoms with Gasteiger partial charge in [0.25, 0.3) is 0 Å². The normalized spacial score (nSPS) is 15.7. The lowest BCUT2D eigenvalue weighted by atomic mass is 10.1. The zero-order chi connectivity index (χ0) is 18.5. The minimum Gasteiger partial charge on any atom is -0.490 e. The minimum absolute atomic E-state index is 0.129. The number of hydrogen-bond acceptors (Lipinski definition) is 4. The van der Waals surface area contributed by atoms with E-state index in [1.165, 1.54) is 12.7 Å². The number of piperidine rings is 1. The van der Waals surface area contributed by atoms with Gasteiger partial charge in [0.2, 0.25) is 0 Å². The summed E-state index contributed by atoms with van der Waals surface area (Å²) in [6.45, 7) is 4.81. The van der Waals surface area contributed by atoms with E-state index >= 15 is 0 Å². The van der Waals surface area contributed by atoms with Crippen molar-refractivity contribution in [1.82, 2.24) is 4.90 Å². The van der Waals surface area contributed by atoms with Gasteiger partial charge in [0, 0.05) is 30.2 Å². The summed E-state index contributed by atoms with van der Waals surface area (Å²) >= 11 is 6.16. The molecule has 0 aliphatic carbocycles. The predicted octanol–water partition coefficient (Wildman–Crippen LogP) is 4.48. The van der Waals surface area contributed by atoms with Crippen LogP contribution in [-0.4, -0.2) is 37.2 Å². The summed E-state index contributed by atoms with van der Waals surface area (Å²) in [5, 5.41) is 0.479. The van der Waals surface area contributed by atoms with Crippen LogP contribution in [0.1, 0.15) is 34.3 Å². The molecule has 2 aromatic carbocycles. The smallest absolute Gasteiger partial charge is 0.338 e. The van der Waals surface area contributed by atoms with E-state index in [0.717, 1.165) is 38.0 Å². The van der Waals surface area contributed by atoms with E-state index in [2.05, 4.69) is 29.2 Å². The maximum Gasteiger partial charge on any atom is 0.338 e. The Kier molecular flexibility index (Phi) is 6.17. The number of methoxy groups -OCH3 is 1. The summed E-state index contributed by atoms with van der Waals surface area (Å²) in [5.41, 5.74) is 2.56. The van der Waals surface area contributed by atoms with Crippen molar-refractivity contribution in [2.24, 2.45) is 0 Å². The first kappa shape index (κ1) is 18.7. The number of carbonyl (C=O) groups is 1. The van der Waals surface area contributed by atoms with Gasteiger partial charge in [-0.3, -0.25) is 4.90 Å². The molecule has 0 amide bonds. The first-order valence-electron chi connectivity index (χ1n) is 8.88. The molecule has 0 N–H and O–H groups in total. The van der Waals surface area contributed by atoms with Gasteiger partial charge in [0.1, 0.15) is 11.9 Å². The van der Waals surface area contributed by atoms with Gasteiger partial charge in [-0.15, -0.1) is 0 Å². The second-order valence-corrected chi connectivity index (χ2v) is 7.08. The fourth-order valence-corrected chi connectivity index (χ4v) is 3.51. The highest BCUT2D eigenvalue weighted by Crippen LogP contribution is 2.30. The molecule has 0 radical (unpaired) electrons. The van der Waals surface area contributed by atoms with Crippen molar-refractivity contribution >= 4 is 17.6 Å². The van der Waals surface area contributed by atoms with Crippen LogP contribution in [0.4, 0.5) is 0 Å². The second kappa shape index (κ2) is 8.56. The van der Waals surface area contributed by atoms with Crippen LogP contribution in [0.5, 0.6) is 5.75 Å². The molecule has 0 aromatic heterocycles. The number of nitrogens with zero attached hydrogens (tertiary/aromatic N) is 1. The molecule has 1 heterocycles. The van der Waals surface area contributed by atoms with Crippen LogP contribution in [0.2, 0.25) is 5.02 Å². The molecule has 4 nitrogen and oxygen atoms in total. The number of hydrogen-bond donors (Lipinski definition) is 0. The third-order valence-corrected chi connectivity index (χ3v) is 5.03. The highest BCUT2D eigenvalue weighted by atomic mass is 35.5. The molecule has 0 unspecified atom stereocenters.